The molecule has 0 bridgehead atoms. The Balaban J connectivity index is 1.67. The fraction of sp³-hybridized carbons (Fsp3) is 0.143. The smallest absolute Gasteiger partial charge is 0.329 e. The number of carbonyl (C=O) groups excluding carboxylic acids is 2. The summed E-state index contributed by atoms with van der Waals surface area (Å²) < 4.78 is 16.0. The number of imide groups is 1. The second kappa shape index (κ2) is 6.72. The summed E-state index contributed by atoms with van der Waals surface area (Å²) in [4.78, 5) is 26.0. The Morgan fingerprint density at radius 2 is 1.81 bits per heavy atom. The van der Waals surface area contributed by atoms with Crippen molar-refractivity contribution < 1.29 is 14.0 Å². The van der Waals surface area contributed by atoms with Crippen LogP contribution in [0.3, 0.4) is 0 Å². The number of nitrogens with zero attached hydrogens (tertiary/aromatic N) is 2. The van der Waals surface area contributed by atoms with E-state index in [0.29, 0.717) is 5.56 Å². The quantitative estimate of drug-likeness (QED) is 0.565. The molecule has 1 fully saturated rings. The maximum absolute atomic E-state index is 13.9. The first-order valence-electron chi connectivity index (χ1n) is 8.74. The molecule has 1 N–H and O–H groups in total. The van der Waals surface area contributed by atoms with Gasteiger partial charge >= 0.3 is 6.03 Å². The monoisotopic (exact) mass is 363 g/mol. The summed E-state index contributed by atoms with van der Waals surface area (Å²) in [6.45, 7) is 2.73. The molecule has 3 amide bonds. The molecule has 0 saturated carbocycles. The summed E-state index contributed by atoms with van der Waals surface area (Å²) >= 11 is 0. The second-order valence-corrected chi connectivity index (χ2v) is 6.36. The van der Waals surface area contributed by atoms with E-state index in [1.165, 1.54) is 6.07 Å². The molecule has 2 aromatic carbocycles. The number of carbonyl (C=O) groups is 2. The maximum Gasteiger partial charge on any atom is 0.329 e. The van der Waals surface area contributed by atoms with Crippen LogP contribution < -0.4 is 5.32 Å². The number of para-hydroxylation sites is 1. The molecule has 1 aliphatic rings. The van der Waals surface area contributed by atoms with Crippen molar-refractivity contribution in [3.05, 3.63) is 77.4 Å². The van der Waals surface area contributed by atoms with Gasteiger partial charge < -0.3 is 9.88 Å². The number of hydrogen-bond donors (Lipinski definition) is 1. The Hall–Kier alpha value is -3.41. The van der Waals surface area contributed by atoms with E-state index in [1.54, 1.807) is 24.3 Å². The molecule has 0 atom stereocenters. The van der Waals surface area contributed by atoms with Gasteiger partial charge in [-0.2, -0.15) is 0 Å². The van der Waals surface area contributed by atoms with E-state index < -0.39 is 17.8 Å². The lowest BCUT2D eigenvalue weighted by Gasteiger charge is -2.12. The van der Waals surface area contributed by atoms with Crippen molar-refractivity contribution in [2.24, 2.45) is 0 Å². The van der Waals surface area contributed by atoms with Gasteiger partial charge in [-0.15, -0.1) is 0 Å². The highest BCUT2D eigenvalue weighted by atomic mass is 19.1. The number of rotatable bonds is 4. The van der Waals surface area contributed by atoms with Crippen molar-refractivity contribution in [3.8, 4) is 0 Å². The standard InChI is InChI=1S/C21H18FN3O2/c1-2-24-12-15(16-8-4-6-10-19(16)24)11-18-20(26)25(21(27)23-18)13-14-7-3-5-9-17(14)22/h3-12H,2,13H2,1H3,(H,23,27). The number of benzene rings is 2. The number of aromatic nitrogens is 1. The number of nitrogens with one attached hydrogen (secondary N) is 1. The highest BCUT2D eigenvalue weighted by molar-refractivity contribution is 6.14. The first kappa shape index (κ1) is 17.0. The van der Waals surface area contributed by atoms with Crippen LogP contribution in [0.4, 0.5) is 9.18 Å². The molecule has 0 spiro atoms. The van der Waals surface area contributed by atoms with E-state index in [4.69, 9.17) is 0 Å². The lowest BCUT2D eigenvalue weighted by molar-refractivity contribution is -0.123. The topological polar surface area (TPSA) is 54.3 Å². The van der Waals surface area contributed by atoms with E-state index >= 15 is 0 Å². The van der Waals surface area contributed by atoms with Gasteiger partial charge in [0.1, 0.15) is 11.5 Å². The van der Waals surface area contributed by atoms with Gasteiger partial charge in [0.05, 0.1) is 6.54 Å². The van der Waals surface area contributed by atoms with Crippen molar-refractivity contribution in [2.45, 2.75) is 20.0 Å². The predicted octanol–water partition coefficient (Wildman–Crippen LogP) is 3.89. The molecule has 136 valence electrons. The lowest BCUT2D eigenvalue weighted by atomic mass is 10.1. The van der Waals surface area contributed by atoms with E-state index in [2.05, 4.69) is 9.88 Å². The Kier molecular flexibility index (Phi) is 4.24. The fourth-order valence-electron chi connectivity index (χ4n) is 3.32. The average Bonchev–Trinajstić information content (AvgIpc) is 3.16. The van der Waals surface area contributed by atoms with E-state index in [1.807, 2.05) is 37.4 Å². The van der Waals surface area contributed by atoms with Crippen molar-refractivity contribution in [3.63, 3.8) is 0 Å². The largest absolute Gasteiger partial charge is 0.347 e. The summed E-state index contributed by atoms with van der Waals surface area (Å²) in [5.74, 6) is -0.905. The number of halogens is 1. The molecule has 27 heavy (non-hydrogen) atoms. The molecule has 0 radical (unpaired) electrons. The molecule has 2 heterocycles. The Morgan fingerprint density at radius 1 is 1.07 bits per heavy atom. The molecular weight excluding hydrogens is 345 g/mol. The van der Waals surface area contributed by atoms with E-state index in [0.717, 1.165) is 27.9 Å². The van der Waals surface area contributed by atoms with Gasteiger partial charge in [-0.1, -0.05) is 36.4 Å². The second-order valence-electron chi connectivity index (χ2n) is 6.36. The van der Waals surface area contributed by atoms with Crippen molar-refractivity contribution >= 4 is 28.9 Å². The number of aryl methyl sites for hydroxylation is 1. The summed E-state index contributed by atoms with van der Waals surface area (Å²) in [5.41, 5.74) is 2.40. The summed E-state index contributed by atoms with van der Waals surface area (Å²) in [7, 11) is 0. The molecule has 0 aliphatic carbocycles. The van der Waals surface area contributed by atoms with Crippen LogP contribution in [0.5, 0.6) is 0 Å². The van der Waals surface area contributed by atoms with E-state index in [9.17, 15) is 14.0 Å². The molecule has 5 nitrogen and oxygen atoms in total. The zero-order valence-corrected chi connectivity index (χ0v) is 14.8. The first-order chi connectivity index (χ1) is 13.1. The third-order valence-corrected chi connectivity index (χ3v) is 4.71. The van der Waals surface area contributed by atoms with Gasteiger partial charge in [-0.25, -0.2) is 9.18 Å². The zero-order valence-electron chi connectivity index (χ0n) is 14.8. The van der Waals surface area contributed by atoms with Gasteiger partial charge in [0.15, 0.2) is 0 Å². The molecule has 0 unspecified atom stereocenters. The van der Waals surface area contributed by atoms with Crippen molar-refractivity contribution in [1.29, 1.82) is 0 Å². The van der Waals surface area contributed by atoms with E-state index in [-0.39, 0.29) is 12.2 Å². The summed E-state index contributed by atoms with van der Waals surface area (Å²) in [6.07, 6.45) is 3.63. The van der Waals surface area contributed by atoms with Gasteiger partial charge in [-0.3, -0.25) is 9.69 Å². The molecule has 1 saturated heterocycles. The third-order valence-electron chi connectivity index (χ3n) is 4.71. The molecular formula is C21H18FN3O2. The minimum absolute atomic E-state index is 0.106. The normalized spacial score (nSPS) is 15.8. The highest BCUT2D eigenvalue weighted by Gasteiger charge is 2.34. The maximum atomic E-state index is 13.9. The predicted molar refractivity (Wildman–Crippen MR) is 101 cm³/mol. The average molecular weight is 363 g/mol. The van der Waals surface area contributed by atoms with Crippen LogP contribution in [0.2, 0.25) is 0 Å². The highest BCUT2D eigenvalue weighted by Crippen LogP contribution is 2.25. The first-order valence-corrected chi connectivity index (χ1v) is 8.74. The summed E-state index contributed by atoms with van der Waals surface area (Å²) in [5, 5.41) is 3.60. The molecule has 3 aromatic rings. The number of hydrogen-bond acceptors (Lipinski definition) is 2. The minimum atomic E-state index is -0.547. The Labute approximate surface area is 155 Å². The fourth-order valence-corrected chi connectivity index (χ4v) is 3.32. The summed E-state index contributed by atoms with van der Waals surface area (Å²) in [6, 6.07) is 13.5. The molecule has 1 aliphatic heterocycles. The number of fused-ring (bicyclic) bond motifs is 1. The van der Waals surface area contributed by atoms with Gasteiger partial charge in [0.25, 0.3) is 5.91 Å². The van der Waals surface area contributed by atoms with Crippen LogP contribution in [-0.2, 0) is 17.9 Å². The lowest BCUT2D eigenvalue weighted by Crippen LogP contribution is -2.30. The van der Waals surface area contributed by atoms with Crippen LogP contribution in [-0.4, -0.2) is 21.4 Å². The number of amides is 3. The zero-order chi connectivity index (χ0) is 19.0. The van der Waals surface area contributed by atoms with Crippen LogP contribution in [0, 0.1) is 5.82 Å². The van der Waals surface area contributed by atoms with Crippen LogP contribution in [0.15, 0.2) is 60.4 Å². The van der Waals surface area contributed by atoms with Crippen molar-refractivity contribution in [1.82, 2.24) is 14.8 Å². The Bertz CT molecular complexity index is 1080. The number of urea groups is 1. The molecule has 4 rings (SSSR count). The van der Waals surface area contributed by atoms with Crippen LogP contribution in [0.25, 0.3) is 17.0 Å². The molecule has 1 aromatic heterocycles. The van der Waals surface area contributed by atoms with Crippen LogP contribution >= 0.6 is 0 Å². The van der Waals surface area contributed by atoms with Crippen LogP contribution in [0.1, 0.15) is 18.1 Å². The van der Waals surface area contributed by atoms with Gasteiger partial charge in [0, 0.05) is 34.8 Å². The Morgan fingerprint density at radius 3 is 2.59 bits per heavy atom. The minimum Gasteiger partial charge on any atom is -0.347 e. The van der Waals surface area contributed by atoms with Gasteiger partial charge in [-0.05, 0) is 25.1 Å². The SMILES string of the molecule is CCn1cc(C=C2NC(=O)N(Cc3ccccc3F)C2=O)c2ccccc21. The molecule has 6 heteroatoms. The van der Waals surface area contributed by atoms with Gasteiger partial charge in [0.2, 0.25) is 0 Å². The van der Waals surface area contributed by atoms with Crippen molar-refractivity contribution in [2.75, 3.05) is 0 Å². The third kappa shape index (κ3) is 2.99.